The first-order valence-corrected chi connectivity index (χ1v) is 10.1. The number of rotatable bonds is 5. The van der Waals surface area contributed by atoms with Crippen LogP contribution in [0, 0.1) is 6.92 Å². The molecule has 176 valence electrons. The Kier molecular flexibility index (Phi) is 7.52. The number of carbonyl (C=O) groups is 2. The third kappa shape index (κ3) is 6.58. The topological polar surface area (TPSA) is 107 Å². The van der Waals surface area contributed by atoms with Crippen molar-refractivity contribution >= 4 is 39.8 Å². The molecule has 0 fully saturated rings. The van der Waals surface area contributed by atoms with E-state index >= 15 is 0 Å². The molecule has 0 aliphatic heterocycles. The normalized spacial score (nSPS) is 10.8. The summed E-state index contributed by atoms with van der Waals surface area (Å²) < 4.78 is 31.7. The molecule has 34 heavy (non-hydrogen) atoms. The Morgan fingerprint density at radius 2 is 1.79 bits per heavy atom. The average Bonchev–Trinajstić information content (AvgIpc) is 3.19. The van der Waals surface area contributed by atoms with Gasteiger partial charge >= 0.3 is 12.1 Å². The van der Waals surface area contributed by atoms with Crippen molar-refractivity contribution in [2.45, 2.75) is 19.5 Å². The minimum absolute atomic E-state index is 0.0351. The summed E-state index contributed by atoms with van der Waals surface area (Å²) in [4.78, 5) is 28.7. The molecular weight excluding hydrogens is 449 g/mol. The molecule has 0 atom stereocenters. The maximum Gasteiger partial charge on any atom is 0.490 e. The van der Waals surface area contributed by atoms with E-state index < -0.39 is 12.1 Å². The van der Waals surface area contributed by atoms with E-state index in [9.17, 15) is 18.0 Å². The van der Waals surface area contributed by atoms with Gasteiger partial charge in [0.25, 0.3) is 0 Å². The van der Waals surface area contributed by atoms with Gasteiger partial charge in [0.05, 0.1) is 18.3 Å². The van der Waals surface area contributed by atoms with Crippen LogP contribution in [0.15, 0.2) is 73.2 Å². The first-order valence-electron chi connectivity index (χ1n) is 10.1. The lowest BCUT2D eigenvalue weighted by molar-refractivity contribution is -0.192. The van der Waals surface area contributed by atoms with Crippen LogP contribution in [-0.2, 0) is 16.0 Å². The summed E-state index contributed by atoms with van der Waals surface area (Å²) in [5, 5.41) is 14.5. The number of pyridine rings is 1. The molecule has 4 aromatic rings. The smallest absolute Gasteiger partial charge is 0.475 e. The van der Waals surface area contributed by atoms with Gasteiger partial charge in [-0.2, -0.15) is 13.2 Å². The van der Waals surface area contributed by atoms with Gasteiger partial charge in [0.1, 0.15) is 0 Å². The maximum absolute atomic E-state index is 12.5. The van der Waals surface area contributed by atoms with Crippen LogP contribution in [0.1, 0.15) is 11.1 Å². The molecule has 2 aromatic carbocycles. The van der Waals surface area contributed by atoms with Crippen molar-refractivity contribution in [2.24, 2.45) is 0 Å². The van der Waals surface area contributed by atoms with Gasteiger partial charge in [0.15, 0.2) is 0 Å². The summed E-state index contributed by atoms with van der Waals surface area (Å²) in [7, 11) is 0. The van der Waals surface area contributed by atoms with Gasteiger partial charge in [0, 0.05) is 34.7 Å². The molecule has 0 aliphatic rings. The number of aromatic nitrogens is 2. The van der Waals surface area contributed by atoms with Crippen LogP contribution in [0.4, 0.5) is 30.2 Å². The lowest BCUT2D eigenvalue weighted by Crippen LogP contribution is -2.21. The van der Waals surface area contributed by atoms with Crippen LogP contribution in [0.5, 0.6) is 0 Å². The number of aryl methyl sites for hydroxylation is 1. The highest BCUT2D eigenvalue weighted by Gasteiger charge is 2.38. The molecule has 4 N–H and O–H groups in total. The number of nitrogens with zero attached hydrogens (tertiary/aromatic N) is 1. The number of aromatic amines is 1. The van der Waals surface area contributed by atoms with Crippen molar-refractivity contribution in [1.29, 1.82) is 0 Å². The number of carbonyl (C=O) groups excluding carboxylic acids is 1. The molecule has 0 aliphatic carbocycles. The second kappa shape index (κ2) is 10.5. The Morgan fingerprint density at radius 1 is 1.06 bits per heavy atom. The SMILES string of the molecule is Cc1cc(NC(=O)Cc2c[nH]c3ccccc23)ccc1Nc1cccnc1.O=C(O)C(F)(F)F. The maximum atomic E-state index is 12.5. The number of amides is 1. The van der Waals surface area contributed by atoms with Crippen molar-refractivity contribution in [3.63, 3.8) is 0 Å². The molecule has 7 nitrogen and oxygen atoms in total. The van der Waals surface area contributed by atoms with Gasteiger partial charge in [-0.05, 0) is 54.4 Å². The number of aliphatic carboxylic acids is 1. The zero-order chi connectivity index (χ0) is 24.7. The average molecular weight is 470 g/mol. The molecule has 0 saturated heterocycles. The highest BCUT2D eigenvalue weighted by atomic mass is 19.4. The molecule has 1 amide bonds. The quantitative estimate of drug-likeness (QED) is 0.311. The summed E-state index contributed by atoms with van der Waals surface area (Å²) in [6.07, 6.45) is 0.663. The fraction of sp³-hybridized carbons (Fsp3) is 0.125. The third-order valence-electron chi connectivity index (χ3n) is 4.72. The van der Waals surface area contributed by atoms with E-state index in [0.717, 1.165) is 39.1 Å². The number of H-pyrrole nitrogens is 1. The zero-order valence-electron chi connectivity index (χ0n) is 18.0. The van der Waals surface area contributed by atoms with Crippen LogP contribution >= 0.6 is 0 Å². The summed E-state index contributed by atoms with van der Waals surface area (Å²) in [6, 6.07) is 17.7. The van der Waals surface area contributed by atoms with Gasteiger partial charge in [-0.25, -0.2) is 4.79 Å². The number of nitrogens with one attached hydrogen (secondary N) is 3. The number of anilines is 3. The van der Waals surface area contributed by atoms with Crippen LogP contribution in [0.2, 0.25) is 0 Å². The van der Waals surface area contributed by atoms with E-state index in [2.05, 4.69) is 20.6 Å². The second-order valence-electron chi connectivity index (χ2n) is 7.28. The van der Waals surface area contributed by atoms with Gasteiger partial charge in [-0.1, -0.05) is 18.2 Å². The number of benzene rings is 2. The standard InChI is InChI=1S/C22H20N4O.C2HF3O2/c1-15-11-17(8-9-20(15)25-18-5-4-10-23-14-18)26-22(27)12-16-13-24-21-7-3-2-6-19(16)21;3-2(4,5)1(6)7/h2-11,13-14,24-25H,12H2,1H3,(H,26,27);(H,6,7). The minimum Gasteiger partial charge on any atom is -0.475 e. The number of para-hydroxylation sites is 1. The molecule has 0 radical (unpaired) electrons. The minimum atomic E-state index is -5.08. The molecule has 4 rings (SSSR count). The van der Waals surface area contributed by atoms with Crippen molar-refractivity contribution in [1.82, 2.24) is 9.97 Å². The molecule has 2 heterocycles. The Morgan fingerprint density at radius 3 is 2.44 bits per heavy atom. The Balaban J connectivity index is 0.000000406. The number of alkyl halides is 3. The van der Waals surface area contributed by atoms with E-state index in [-0.39, 0.29) is 5.91 Å². The lowest BCUT2D eigenvalue weighted by atomic mass is 10.1. The number of carboxylic acid groups (broad SMARTS) is 1. The predicted octanol–water partition coefficient (Wildman–Crippen LogP) is 5.43. The first kappa shape index (κ1) is 24.3. The zero-order valence-corrected chi connectivity index (χ0v) is 18.0. The molecule has 10 heteroatoms. The van der Waals surface area contributed by atoms with Crippen LogP contribution in [-0.4, -0.2) is 33.1 Å². The highest BCUT2D eigenvalue weighted by molar-refractivity contribution is 5.96. The first-order chi connectivity index (χ1) is 16.1. The van der Waals surface area contributed by atoms with E-state index in [4.69, 9.17) is 9.90 Å². The lowest BCUT2D eigenvalue weighted by Gasteiger charge is -2.12. The Hall–Kier alpha value is -4.34. The molecular formula is C24H21F3N4O3. The number of hydrogen-bond acceptors (Lipinski definition) is 4. The van der Waals surface area contributed by atoms with Crippen molar-refractivity contribution in [2.75, 3.05) is 10.6 Å². The molecule has 2 aromatic heterocycles. The van der Waals surface area contributed by atoms with Gasteiger partial charge in [-0.15, -0.1) is 0 Å². The molecule has 0 saturated carbocycles. The third-order valence-corrected chi connectivity index (χ3v) is 4.72. The van der Waals surface area contributed by atoms with E-state index in [1.165, 1.54) is 0 Å². The summed E-state index contributed by atoms with van der Waals surface area (Å²) in [6.45, 7) is 2.01. The van der Waals surface area contributed by atoms with Crippen LogP contribution < -0.4 is 10.6 Å². The van der Waals surface area contributed by atoms with Crippen LogP contribution in [0.3, 0.4) is 0 Å². The van der Waals surface area contributed by atoms with Gasteiger partial charge < -0.3 is 20.7 Å². The largest absolute Gasteiger partial charge is 0.490 e. The highest BCUT2D eigenvalue weighted by Crippen LogP contribution is 2.24. The van der Waals surface area contributed by atoms with Crippen molar-refractivity contribution < 1.29 is 27.9 Å². The monoisotopic (exact) mass is 470 g/mol. The predicted molar refractivity (Wildman–Crippen MR) is 123 cm³/mol. The van der Waals surface area contributed by atoms with Crippen LogP contribution in [0.25, 0.3) is 10.9 Å². The fourth-order valence-electron chi connectivity index (χ4n) is 3.13. The second-order valence-corrected chi connectivity index (χ2v) is 7.28. The number of fused-ring (bicyclic) bond motifs is 1. The molecule has 0 spiro atoms. The van der Waals surface area contributed by atoms with Crippen molar-refractivity contribution in [3.8, 4) is 0 Å². The Labute approximate surface area is 192 Å². The summed E-state index contributed by atoms with van der Waals surface area (Å²) >= 11 is 0. The van der Waals surface area contributed by atoms with Gasteiger partial charge in [-0.3, -0.25) is 9.78 Å². The van der Waals surface area contributed by atoms with E-state index in [1.807, 2.05) is 67.7 Å². The Bertz CT molecular complexity index is 1290. The van der Waals surface area contributed by atoms with E-state index in [0.29, 0.717) is 6.42 Å². The number of hydrogen-bond donors (Lipinski definition) is 4. The summed E-state index contributed by atoms with van der Waals surface area (Å²) in [5.74, 6) is -2.79. The molecule has 0 bridgehead atoms. The van der Waals surface area contributed by atoms with E-state index in [1.54, 1.807) is 12.4 Å². The van der Waals surface area contributed by atoms with Crippen molar-refractivity contribution in [3.05, 3.63) is 84.3 Å². The number of halogens is 3. The van der Waals surface area contributed by atoms with Gasteiger partial charge in [0.2, 0.25) is 5.91 Å². The molecule has 0 unspecified atom stereocenters. The number of carboxylic acids is 1. The fourth-order valence-corrected chi connectivity index (χ4v) is 3.13. The summed E-state index contributed by atoms with van der Waals surface area (Å²) in [5.41, 5.74) is 5.78.